The highest BCUT2D eigenvalue weighted by atomic mass is 15.2. The molecule has 0 aliphatic heterocycles. The zero-order chi connectivity index (χ0) is 14.5. The number of nitrogens with one attached hydrogen (secondary N) is 1. The molecule has 1 unspecified atom stereocenters. The third-order valence-electron chi connectivity index (χ3n) is 3.52. The normalized spacial score (nSPS) is 12.4. The molecule has 1 heterocycles. The Morgan fingerprint density at radius 2 is 2.05 bits per heavy atom. The molecule has 1 atom stereocenters. The fourth-order valence-electron chi connectivity index (χ4n) is 2.58. The highest BCUT2D eigenvalue weighted by molar-refractivity contribution is 5.35. The van der Waals surface area contributed by atoms with Gasteiger partial charge in [-0.25, -0.2) is 5.43 Å². The minimum absolute atomic E-state index is 0.0626. The summed E-state index contributed by atoms with van der Waals surface area (Å²) in [4.78, 5) is 4.56. The Kier molecular flexibility index (Phi) is 4.88. The molecule has 0 bridgehead atoms. The van der Waals surface area contributed by atoms with E-state index in [1.165, 1.54) is 11.1 Å². The molecule has 3 nitrogen and oxygen atoms in total. The molecule has 3 heteroatoms. The van der Waals surface area contributed by atoms with Crippen molar-refractivity contribution in [1.29, 1.82) is 0 Å². The molecule has 0 aliphatic rings. The third kappa shape index (κ3) is 3.24. The van der Waals surface area contributed by atoms with Crippen molar-refractivity contribution in [2.45, 2.75) is 39.7 Å². The molecule has 0 aliphatic carbocycles. The van der Waals surface area contributed by atoms with Gasteiger partial charge >= 0.3 is 0 Å². The lowest BCUT2D eigenvalue weighted by atomic mass is 9.97. The predicted molar refractivity (Wildman–Crippen MR) is 83.3 cm³/mol. The van der Waals surface area contributed by atoms with Gasteiger partial charge in [-0.15, -0.1) is 0 Å². The van der Waals surface area contributed by atoms with Crippen molar-refractivity contribution in [3.8, 4) is 0 Å². The first-order chi connectivity index (χ1) is 9.65. The van der Waals surface area contributed by atoms with E-state index in [2.05, 4.69) is 61.5 Å². The van der Waals surface area contributed by atoms with Crippen LogP contribution >= 0.6 is 0 Å². The maximum atomic E-state index is 5.78. The van der Waals surface area contributed by atoms with Crippen molar-refractivity contribution < 1.29 is 0 Å². The van der Waals surface area contributed by atoms with Crippen molar-refractivity contribution in [3.63, 3.8) is 0 Å². The van der Waals surface area contributed by atoms with Crippen molar-refractivity contribution in [3.05, 3.63) is 64.5 Å². The van der Waals surface area contributed by atoms with Gasteiger partial charge in [0.25, 0.3) is 0 Å². The van der Waals surface area contributed by atoms with Gasteiger partial charge in [-0.2, -0.15) is 0 Å². The van der Waals surface area contributed by atoms with Crippen LogP contribution in [-0.2, 0) is 6.42 Å². The van der Waals surface area contributed by atoms with Gasteiger partial charge in [-0.05, 0) is 42.5 Å². The van der Waals surface area contributed by atoms with E-state index < -0.39 is 0 Å². The van der Waals surface area contributed by atoms with Gasteiger partial charge in [0.05, 0.1) is 11.7 Å². The largest absolute Gasteiger partial charge is 0.271 e. The number of pyridine rings is 1. The van der Waals surface area contributed by atoms with Gasteiger partial charge in [0.1, 0.15) is 0 Å². The van der Waals surface area contributed by atoms with Gasteiger partial charge in [0, 0.05) is 6.20 Å². The molecule has 2 aromatic rings. The molecule has 106 valence electrons. The molecule has 3 N–H and O–H groups in total. The number of hydrogen-bond acceptors (Lipinski definition) is 3. The SMILES string of the molecule is CCCc1cccc(C(NN)c2ncc(C)cc2C)c1. The maximum Gasteiger partial charge on any atom is 0.0884 e. The molecular formula is C17H23N3. The summed E-state index contributed by atoms with van der Waals surface area (Å²) in [6, 6.07) is 10.7. The summed E-state index contributed by atoms with van der Waals surface area (Å²) in [5.74, 6) is 5.78. The van der Waals surface area contributed by atoms with E-state index in [-0.39, 0.29) is 6.04 Å². The quantitative estimate of drug-likeness (QED) is 0.647. The maximum absolute atomic E-state index is 5.78. The molecule has 1 aromatic carbocycles. The van der Waals surface area contributed by atoms with Crippen LogP contribution in [0.3, 0.4) is 0 Å². The van der Waals surface area contributed by atoms with Gasteiger partial charge in [-0.1, -0.05) is 43.7 Å². The number of aromatic nitrogens is 1. The summed E-state index contributed by atoms with van der Waals surface area (Å²) >= 11 is 0. The van der Waals surface area contributed by atoms with Crippen LogP contribution in [0.15, 0.2) is 36.5 Å². The smallest absolute Gasteiger partial charge is 0.0884 e. The number of nitrogens with zero attached hydrogens (tertiary/aromatic N) is 1. The van der Waals surface area contributed by atoms with Crippen LogP contribution in [0.2, 0.25) is 0 Å². The van der Waals surface area contributed by atoms with E-state index in [1.54, 1.807) is 0 Å². The van der Waals surface area contributed by atoms with Crippen molar-refractivity contribution in [2.75, 3.05) is 0 Å². The summed E-state index contributed by atoms with van der Waals surface area (Å²) in [5, 5.41) is 0. The number of aryl methyl sites for hydroxylation is 3. The Bertz CT molecular complexity index is 578. The zero-order valence-electron chi connectivity index (χ0n) is 12.5. The predicted octanol–water partition coefficient (Wildman–Crippen LogP) is 3.20. The molecule has 0 amide bonds. The summed E-state index contributed by atoms with van der Waals surface area (Å²) < 4.78 is 0. The second-order valence-corrected chi connectivity index (χ2v) is 5.31. The Hall–Kier alpha value is -1.71. The lowest BCUT2D eigenvalue weighted by Crippen LogP contribution is -2.30. The average molecular weight is 269 g/mol. The lowest BCUT2D eigenvalue weighted by molar-refractivity contribution is 0.615. The minimum Gasteiger partial charge on any atom is -0.271 e. The average Bonchev–Trinajstić information content (AvgIpc) is 2.43. The van der Waals surface area contributed by atoms with Crippen molar-refractivity contribution in [2.24, 2.45) is 5.84 Å². The van der Waals surface area contributed by atoms with E-state index in [0.717, 1.165) is 29.7 Å². The first-order valence-electron chi connectivity index (χ1n) is 7.13. The first kappa shape index (κ1) is 14.7. The Balaban J connectivity index is 2.38. The van der Waals surface area contributed by atoms with Gasteiger partial charge in [0.2, 0.25) is 0 Å². The number of benzene rings is 1. The molecule has 0 saturated heterocycles. The van der Waals surface area contributed by atoms with Crippen LogP contribution in [0, 0.1) is 13.8 Å². The second kappa shape index (κ2) is 6.64. The molecular weight excluding hydrogens is 246 g/mol. The molecule has 2 rings (SSSR count). The van der Waals surface area contributed by atoms with Crippen LogP contribution < -0.4 is 11.3 Å². The number of rotatable bonds is 5. The van der Waals surface area contributed by atoms with Crippen LogP contribution in [0.1, 0.15) is 47.3 Å². The number of hydrogen-bond donors (Lipinski definition) is 2. The van der Waals surface area contributed by atoms with Crippen molar-refractivity contribution >= 4 is 0 Å². The standard InChI is InChI=1S/C17H23N3/c1-4-6-14-7-5-8-15(10-14)17(20-18)16-13(3)9-12(2)11-19-16/h5,7-11,17,20H,4,6,18H2,1-3H3. The monoisotopic (exact) mass is 269 g/mol. The van der Waals surface area contributed by atoms with E-state index >= 15 is 0 Å². The lowest BCUT2D eigenvalue weighted by Gasteiger charge is -2.19. The van der Waals surface area contributed by atoms with E-state index in [1.807, 2.05) is 6.20 Å². The van der Waals surface area contributed by atoms with Gasteiger partial charge < -0.3 is 0 Å². The Labute approximate surface area is 121 Å². The summed E-state index contributed by atoms with van der Waals surface area (Å²) in [6.07, 6.45) is 4.12. The first-order valence-corrected chi connectivity index (χ1v) is 7.13. The summed E-state index contributed by atoms with van der Waals surface area (Å²) in [7, 11) is 0. The fourth-order valence-corrected chi connectivity index (χ4v) is 2.58. The van der Waals surface area contributed by atoms with Gasteiger partial charge in [-0.3, -0.25) is 10.8 Å². The summed E-state index contributed by atoms with van der Waals surface area (Å²) in [5.41, 5.74) is 8.73. The molecule has 0 spiro atoms. The zero-order valence-corrected chi connectivity index (χ0v) is 12.5. The Morgan fingerprint density at radius 3 is 2.70 bits per heavy atom. The molecule has 0 saturated carbocycles. The van der Waals surface area contributed by atoms with Crippen LogP contribution in [0.4, 0.5) is 0 Å². The minimum atomic E-state index is -0.0626. The molecule has 20 heavy (non-hydrogen) atoms. The number of hydrazine groups is 1. The molecule has 0 fully saturated rings. The number of nitrogens with two attached hydrogens (primary N) is 1. The van der Waals surface area contributed by atoms with E-state index in [9.17, 15) is 0 Å². The van der Waals surface area contributed by atoms with Crippen LogP contribution in [-0.4, -0.2) is 4.98 Å². The molecule has 0 radical (unpaired) electrons. The fraction of sp³-hybridized carbons (Fsp3) is 0.353. The highest BCUT2D eigenvalue weighted by Crippen LogP contribution is 2.24. The van der Waals surface area contributed by atoms with E-state index in [4.69, 9.17) is 5.84 Å². The van der Waals surface area contributed by atoms with Crippen LogP contribution in [0.5, 0.6) is 0 Å². The third-order valence-corrected chi connectivity index (χ3v) is 3.52. The topological polar surface area (TPSA) is 50.9 Å². The highest BCUT2D eigenvalue weighted by Gasteiger charge is 2.16. The summed E-state index contributed by atoms with van der Waals surface area (Å²) in [6.45, 7) is 6.32. The van der Waals surface area contributed by atoms with Crippen molar-refractivity contribution in [1.82, 2.24) is 10.4 Å². The molecule has 1 aromatic heterocycles. The van der Waals surface area contributed by atoms with Gasteiger partial charge in [0.15, 0.2) is 0 Å². The van der Waals surface area contributed by atoms with E-state index in [0.29, 0.717) is 0 Å². The Morgan fingerprint density at radius 1 is 1.25 bits per heavy atom. The second-order valence-electron chi connectivity index (χ2n) is 5.31. The van der Waals surface area contributed by atoms with Crippen LogP contribution in [0.25, 0.3) is 0 Å².